The Bertz CT molecular complexity index is 689. The molecule has 2 aromatic carbocycles. The molecule has 0 spiro atoms. The number of aromatic nitrogens is 1. The van der Waals surface area contributed by atoms with Crippen LogP contribution in [0.3, 0.4) is 0 Å². The third kappa shape index (κ3) is 2.28. The number of benzene rings is 2. The molecule has 1 aromatic heterocycles. The quantitative estimate of drug-likeness (QED) is 0.651. The Balaban J connectivity index is 1.98. The van der Waals surface area contributed by atoms with E-state index in [0.29, 0.717) is 0 Å². The summed E-state index contributed by atoms with van der Waals surface area (Å²) in [7, 11) is 2.12. The molecule has 3 aromatic rings. The van der Waals surface area contributed by atoms with Crippen molar-refractivity contribution in [3.8, 4) is 0 Å². The van der Waals surface area contributed by atoms with Gasteiger partial charge in [0, 0.05) is 13.2 Å². The highest BCUT2D eigenvalue weighted by Crippen LogP contribution is 2.22. The van der Waals surface area contributed by atoms with Crippen molar-refractivity contribution in [1.29, 1.82) is 0 Å². The molecule has 0 N–H and O–H groups in total. The molecule has 0 fully saturated rings. The molecule has 0 bridgehead atoms. The first kappa shape index (κ1) is 12.0. The first-order valence-electron chi connectivity index (χ1n) is 6.88. The van der Waals surface area contributed by atoms with Gasteiger partial charge in [-0.2, -0.15) is 0 Å². The van der Waals surface area contributed by atoms with Gasteiger partial charge in [0.25, 0.3) is 0 Å². The average Bonchev–Trinajstić information content (AvgIpc) is 2.83. The largest absolute Gasteiger partial charge is 0.350 e. The standard InChI is InChI=1S/C18H19N/c1-3-14-7-9-15(10-8-14)13-17-6-4-5-16-11-12-19(2)18(16)17/h4-12H,3,13H2,1-2H3. The van der Waals surface area contributed by atoms with Gasteiger partial charge in [0.1, 0.15) is 0 Å². The Kier molecular flexibility index (Phi) is 3.12. The molecule has 1 heterocycles. The van der Waals surface area contributed by atoms with Crippen molar-refractivity contribution in [1.82, 2.24) is 4.57 Å². The predicted octanol–water partition coefficient (Wildman–Crippen LogP) is 4.33. The highest BCUT2D eigenvalue weighted by Gasteiger charge is 2.05. The number of aryl methyl sites for hydroxylation is 2. The molecule has 0 saturated heterocycles. The summed E-state index contributed by atoms with van der Waals surface area (Å²) in [6, 6.07) is 17.7. The fraction of sp³-hybridized carbons (Fsp3) is 0.222. The summed E-state index contributed by atoms with van der Waals surface area (Å²) in [6.45, 7) is 2.19. The van der Waals surface area contributed by atoms with Crippen molar-refractivity contribution in [2.75, 3.05) is 0 Å². The molecule has 0 aliphatic heterocycles. The van der Waals surface area contributed by atoms with Crippen LogP contribution in [0.2, 0.25) is 0 Å². The molecule has 3 rings (SSSR count). The number of para-hydroxylation sites is 1. The van der Waals surface area contributed by atoms with Crippen LogP contribution in [0, 0.1) is 0 Å². The predicted molar refractivity (Wildman–Crippen MR) is 81.5 cm³/mol. The maximum absolute atomic E-state index is 2.25. The van der Waals surface area contributed by atoms with Gasteiger partial charge in [0.15, 0.2) is 0 Å². The van der Waals surface area contributed by atoms with Crippen LogP contribution in [0.5, 0.6) is 0 Å². The van der Waals surface area contributed by atoms with Crippen LogP contribution in [0.1, 0.15) is 23.6 Å². The van der Waals surface area contributed by atoms with E-state index in [1.807, 2.05) is 0 Å². The molecule has 0 aliphatic rings. The highest BCUT2D eigenvalue weighted by atomic mass is 14.9. The minimum Gasteiger partial charge on any atom is -0.350 e. The van der Waals surface area contributed by atoms with Crippen molar-refractivity contribution < 1.29 is 0 Å². The lowest BCUT2D eigenvalue weighted by Gasteiger charge is -2.07. The van der Waals surface area contributed by atoms with Crippen LogP contribution < -0.4 is 0 Å². The molecule has 1 nitrogen and oxygen atoms in total. The second-order valence-corrected chi connectivity index (χ2v) is 5.13. The Hall–Kier alpha value is -2.02. The zero-order valence-electron chi connectivity index (χ0n) is 11.6. The van der Waals surface area contributed by atoms with Gasteiger partial charge in [0.05, 0.1) is 5.52 Å². The average molecular weight is 249 g/mol. The summed E-state index contributed by atoms with van der Waals surface area (Å²) >= 11 is 0. The van der Waals surface area contributed by atoms with E-state index in [1.54, 1.807) is 0 Å². The molecule has 0 amide bonds. The van der Waals surface area contributed by atoms with E-state index in [1.165, 1.54) is 27.6 Å². The zero-order valence-corrected chi connectivity index (χ0v) is 11.6. The third-order valence-corrected chi connectivity index (χ3v) is 3.81. The fourth-order valence-electron chi connectivity index (χ4n) is 2.70. The van der Waals surface area contributed by atoms with Gasteiger partial charge in [0.2, 0.25) is 0 Å². The van der Waals surface area contributed by atoms with Crippen LogP contribution in [0.25, 0.3) is 10.9 Å². The van der Waals surface area contributed by atoms with Gasteiger partial charge in [-0.15, -0.1) is 0 Å². The Morgan fingerprint density at radius 1 is 0.895 bits per heavy atom. The molecule has 0 aliphatic carbocycles. The summed E-state index contributed by atoms with van der Waals surface area (Å²) in [5.41, 5.74) is 5.53. The molecule has 0 radical (unpaired) electrons. The van der Waals surface area contributed by atoms with Gasteiger partial charge in [-0.1, -0.05) is 49.4 Å². The topological polar surface area (TPSA) is 4.93 Å². The first-order chi connectivity index (χ1) is 9.28. The lowest BCUT2D eigenvalue weighted by Crippen LogP contribution is -1.94. The van der Waals surface area contributed by atoms with E-state index >= 15 is 0 Å². The zero-order chi connectivity index (χ0) is 13.2. The molecule has 96 valence electrons. The van der Waals surface area contributed by atoms with Gasteiger partial charge < -0.3 is 4.57 Å². The van der Waals surface area contributed by atoms with E-state index in [2.05, 4.69) is 73.3 Å². The van der Waals surface area contributed by atoms with Crippen molar-refractivity contribution in [3.63, 3.8) is 0 Å². The SMILES string of the molecule is CCc1ccc(Cc2cccc3ccn(C)c23)cc1. The van der Waals surface area contributed by atoms with Crippen molar-refractivity contribution >= 4 is 10.9 Å². The first-order valence-corrected chi connectivity index (χ1v) is 6.88. The highest BCUT2D eigenvalue weighted by molar-refractivity contribution is 5.83. The number of rotatable bonds is 3. The van der Waals surface area contributed by atoms with Crippen LogP contribution in [-0.4, -0.2) is 4.57 Å². The van der Waals surface area contributed by atoms with Crippen LogP contribution in [0.15, 0.2) is 54.7 Å². The van der Waals surface area contributed by atoms with Crippen molar-refractivity contribution in [2.24, 2.45) is 7.05 Å². The van der Waals surface area contributed by atoms with E-state index in [-0.39, 0.29) is 0 Å². The summed E-state index contributed by atoms with van der Waals surface area (Å²) in [4.78, 5) is 0. The number of fused-ring (bicyclic) bond motifs is 1. The van der Waals surface area contributed by atoms with Crippen molar-refractivity contribution in [3.05, 3.63) is 71.4 Å². The fourth-order valence-corrected chi connectivity index (χ4v) is 2.70. The number of nitrogens with zero attached hydrogens (tertiary/aromatic N) is 1. The van der Waals surface area contributed by atoms with E-state index in [0.717, 1.165) is 12.8 Å². The van der Waals surface area contributed by atoms with Crippen LogP contribution >= 0.6 is 0 Å². The number of hydrogen-bond acceptors (Lipinski definition) is 0. The van der Waals surface area contributed by atoms with E-state index < -0.39 is 0 Å². The molecule has 0 unspecified atom stereocenters. The minimum absolute atomic E-state index is 0.999. The Morgan fingerprint density at radius 3 is 2.37 bits per heavy atom. The Morgan fingerprint density at radius 2 is 1.63 bits per heavy atom. The maximum Gasteiger partial charge on any atom is 0.0513 e. The van der Waals surface area contributed by atoms with Gasteiger partial charge in [-0.25, -0.2) is 0 Å². The van der Waals surface area contributed by atoms with Gasteiger partial charge in [-0.3, -0.25) is 0 Å². The smallest absolute Gasteiger partial charge is 0.0513 e. The molecular weight excluding hydrogens is 230 g/mol. The molecule has 1 heteroatoms. The summed E-state index contributed by atoms with van der Waals surface area (Å²) in [5.74, 6) is 0. The Labute approximate surface area is 114 Å². The summed E-state index contributed by atoms with van der Waals surface area (Å²) in [6.07, 6.45) is 4.24. The van der Waals surface area contributed by atoms with Crippen LogP contribution in [-0.2, 0) is 19.9 Å². The molecule has 19 heavy (non-hydrogen) atoms. The van der Waals surface area contributed by atoms with Gasteiger partial charge >= 0.3 is 0 Å². The monoisotopic (exact) mass is 249 g/mol. The molecular formula is C18H19N. The van der Waals surface area contributed by atoms with Crippen molar-refractivity contribution in [2.45, 2.75) is 19.8 Å². The minimum atomic E-state index is 0.999. The maximum atomic E-state index is 2.25. The van der Waals surface area contributed by atoms with Gasteiger partial charge in [-0.05, 0) is 41.0 Å². The second kappa shape index (κ2) is 4.93. The lowest BCUT2D eigenvalue weighted by atomic mass is 10.0. The third-order valence-electron chi connectivity index (χ3n) is 3.81. The molecule has 0 atom stereocenters. The summed E-state index contributed by atoms with van der Waals surface area (Å²) < 4.78 is 2.21. The second-order valence-electron chi connectivity index (χ2n) is 5.13. The molecule has 0 saturated carbocycles. The van der Waals surface area contributed by atoms with E-state index in [4.69, 9.17) is 0 Å². The summed E-state index contributed by atoms with van der Waals surface area (Å²) in [5, 5.41) is 1.32. The number of hydrogen-bond donors (Lipinski definition) is 0. The normalized spacial score (nSPS) is 11.1. The van der Waals surface area contributed by atoms with E-state index in [9.17, 15) is 0 Å². The van der Waals surface area contributed by atoms with Crippen LogP contribution in [0.4, 0.5) is 0 Å². The lowest BCUT2D eigenvalue weighted by molar-refractivity contribution is 0.958.